The molecule has 0 bridgehead atoms. The van der Waals surface area contributed by atoms with Crippen LogP contribution < -0.4 is 4.90 Å². The van der Waals surface area contributed by atoms with Gasteiger partial charge in [0.15, 0.2) is 0 Å². The Kier molecular flexibility index (Phi) is 8.89. The highest BCUT2D eigenvalue weighted by atomic mass is 15.1. The van der Waals surface area contributed by atoms with E-state index in [-0.39, 0.29) is 0 Å². The summed E-state index contributed by atoms with van der Waals surface area (Å²) in [5.41, 5.74) is 22.5. The first-order valence-corrected chi connectivity index (χ1v) is 22.5. The first kappa shape index (κ1) is 36.6. The van der Waals surface area contributed by atoms with Crippen LogP contribution in [0.25, 0.3) is 55.6 Å². The molecule has 1 spiro atoms. The molecule has 9 aromatic carbocycles. The zero-order valence-electron chi connectivity index (χ0n) is 34.8. The molecule has 3 aliphatic carbocycles. The Bertz CT molecular complexity index is 3030. The van der Waals surface area contributed by atoms with Crippen molar-refractivity contribution in [3.63, 3.8) is 0 Å². The molecule has 1 nitrogen and oxygen atoms in total. The Balaban J connectivity index is 1.02. The highest BCUT2D eigenvalue weighted by Crippen LogP contribution is 2.64. The number of nitrogens with zero attached hydrogens (tertiary/aromatic N) is 1. The molecular formula is C61H47N. The van der Waals surface area contributed by atoms with Gasteiger partial charge in [-0.25, -0.2) is 0 Å². The van der Waals surface area contributed by atoms with Crippen LogP contribution in [0, 0.1) is 0 Å². The Labute approximate surface area is 365 Å². The van der Waals surface area contributed by atoms with Crippen LogP contribution in [0.15, 0.2) is 218 Å². The predicted octanol–water partition coefficient (Wildman–Crippen LogP) is 16.5. The van der Waals surface area contributed by atoms with Crippen molar-refractivity contribution in [3.8, 4) is 55.6 Å². The monoisotopic (exact) mass is 793 g/mol. The van der Waals surface area contributed by atoms with Gasteiger partial charge in [-0.3, -0.25) is 0 Å². The minimum absolute atomic E-state index is 0.417. The summed E-state index contributed by atoms with van der Waals surface area (Å²) >= 11 is 0. The van der Waals surface area contributed by atoms with E-state index in [1.165, 1.54) is 121 Å². The maximum atomic E-state index is 2.49. The van der Waals surface area contributed by atoms with Crippen LogP contribution in [-0.4, -0.2) is 0 Å². The summed E-state index contributed by atoms with van der Waals surface area (Å²) in [5, 5.41) is 0. The third kappa shape index (κ3) is 5.76. The van der Waals surface area contributed by atoms with Gasteiger partial charge in [-0.05, 0) is 127 Å². The first-order chi connectivity index (χ1) is 30.8. The highest BCUT2D eigenvalue weighted by molar-refractivity contribution is 6.01. The summed E-state index contributed by atoms with van der Waals surface area (Å²) in [7, 11) is 0. The van der Waals surface area contributed by atoms with Gasteiger partial charge in [-0.1, -0.05) is 207 Å². The normalized spacial score (nSPS) is 14.5. The van der Waals surface area contributed by atoms with Gasteiger partial charge in [0.05, 0.1) is 11.1 Å². The summed E-state index contributed by atoms with van der Waals surface area (Å²) in [5.74, 6) is 0.704. The summed E-state index contributed by atoms with van der Waals surface area (Å²) in [6.45, 7) is 0. The number of hydrogen-bond donors (Lipinski definition) is 0. The molecule has 9 aromatic rings. The maximum absolute atomic E-state index is 2.49. The highest BCUT2D eigenvalue weighted by Gasteiger charge is 2.52. The average molecular weight is 794 g/mol. The van der Waals surface area contributed by atoms with E-state index in [2.05, 4.69) is 223 Å². The minimum atomic E-state index is -0.417. The number of hydrogen-bond acceptors (Lipinski definition) is 1. The van der Waals surface area contributed by atoms with E-state index in [4.69, 9.17) is 0 Å². The van der Waals surface area contributed by atoms with E-state index >= 15 is 0 Å². The molecule has 12 rings (SSSR count). The van der Waals surface area contributed by atoms with Gasteiger partial charge in [0.1, 0.15) is 0 Å². The Morgan fingerprint density at radius 1 is 0.323 bits per heavy atom. The molecule has 0 amide bonds. The zero-order valence-corrected chi connectivity index (χ0v) is 34.8. The molecule has 0 aromatic heterocycles. The quantitative estimate of drug-likeness (QED) is 0.155. The Morgan fingerprint density at radius 3 is 1.34 bits per heavy atom. The Hall–Kier alpha value is -7.22. The topological polar surface area (TPSA) is 3.24 Å². The molecule has 296 valence electrons. The van der Waals surface area contributed by atoms with E-state index in [1.807, 2.05) is 0 Å². The molecule has 0 atom stereocenters. The van der Waals surface area contributed by atoms with Gasteiger partial charge in [0, 0.05) is 16.9 Å². The molecule has 0 aliphatic heterocycles. The number of anilines is 3. The molecule has 0 radical (unpaired) electrons. The van der Waals surface area contributed by atoms with Gasteiger partial charge in [-0.2, -0.15) is 0 Å². The number of benzene rings is 9. The van der Waals surface area contributed by atoms with E-state index < -0.39 is 5.41 Å². The fourth-order valence-electron chi connectivity index (χ4n) is 11.3. The van der Waals surface area contributed by atoms with E-state index in [9.17, 15) is 0 Å². The van der Waals surface area contributed by atoms with Crippen molar-refractivity contribution in [3.05, 3.63) is 246 Å². The van der Waals surface area contributed by atoms with Crippen LogP contribution in [0.4, 0.5) is 17.1 Å². The molecule has 3 aliphatic rings. The van der Waals surface area contributed by atoms with Crippen LogP contribution >= 0.6 is 0 Å². The van der Waals surface area contributed by atoms with Crippen molar-refractivity contribution in [2.24, 2.45) is 0 Å². The van der Waals surface area contributed by atoms with Gasteiger partial charge in [0.2, 0.25) is 0 Å². The van der Waals surface area contributed by atoms with Crippen molar-refractivity contribution in [2.75, 3.05) is 4.90 Å². The lowest BCUT2D eigenvalue weighted by molar-refractivity contribution is 0.443. The van der Waals surface area contributed by atoms with Crippen LogP contribution in [0.2, 0.25) is 0 Å². The van der Waals surface area contributed by atoms with Crippen LogP contribution in [0.5, 0.6) is 0 Å². The minimum Gasteiger partial charge on any atom is -0.310 e. The van der Waals surface area contributed by atoms with Crippen molar-refractivity contribution >= 4 is 17.1 Å². The van der Waals surface area contributed by atoms with Crippen LogP contribution in [0.1, 0.15) is 65.8 Å². The molecule has 0 unspecified atom stereocenters. The van der Waals surface area contributed by atoms with Gasteiger partial charge < -0.3 is 4.90 Å². The fraction of sp³-hybridized carbons (Fsp3) is 0.115. The standard InChI is InChI=1S/C61H47N/c1-3-16-42(17-4-1)43-30-32-44(33-31-43)45-34-38-48(39-35-45)62(49-40-36-47(37-41-49)51-21-8-7-20-50(51)46-18-5-2-6-19-46)59-29-15-28-58-60(59)54-24-11-14-27-57(54)61(58)55-25-12-9-22-52(55)53-23-10-13-26-56(53)61/h2,5-15,18-42H,1,3-4,16-17H2. The van der Waals surface area contributed by atoms with Crippen LogP contribution in [-0.2, 0) is 5.41 Å². The largest absolute Gasteiger partial charge is 0.310 e. The van der Waals surface area contributed by atoms with Gasteiger partial charge >= 0.3 is 0 Å². The van der Waals surface area contributed by atoms with Crippen molar-refractivity contribution in [2.45, 2.75) is 43.4 Å². The van der Waals surface area contributed by atoms with Gasteiger partial charge in [0.25, 0.3) is 0 Å². The third-order valence-corrected chi connectivity index (χ3v) is 14.1. The molecule has 1 saturated carbocycles. The van der Waals surface area contributed by atoms with E-state index in [1.54, 1.807) is 0 Å². The summed E-state index contributed by atoms with van der Waals surface area (Å²) in [6.07, 6.45) is 6.72. The second-order valence-electron chi connectivity index (χ2n) is 17.4. The summed E-state index contributed by atoms with van der Waals surface area (Å²) in [4.78, 5) is 2.49. The predicted molar refractivity (Wildman–Crippen MR) is 260 cm³/mol. The molecule has 0 saturated heterocycles. The van der Waals surface area contributed by atoms with Gasteiger partial charge in [-0.15, -0.1) is 0 Å². The first-order valence-electron chi connectivity index (χ1n) is 22.5. The molecule has 1 heteroatoms. The fourth-order valence-corrected chi connectivity index (χ4v) is 11.3. The number of rotatable bonds is 7. The van der Waals surface area contributed by atoms with Crippen LogP contribution in [0.3, 0.4) is 0 Å². The smallest absolute Gasteiger partial charge is 0.0726 e. The van der Waals surface area contributed by atoms with E-state index in [0.29, 0.717) is 5.92 Å². The lowest BCUT2D eigenvalue weighted by atomic mass is 9.70. The average Bonchev–Trinajstić information content (AvgIpc) is 3.83. The van der Waals surface area contributed by atoms with Crippen molar-refractivity contribution in [1.82, 2.24) is 0 Å². The lowest BCUT2D eigenvalue weighted by Gasteiger charge is -2.32. The second-order valence-corrected chi connectivity index (χ2v) is 17.4. The summed E-state index contributed by atoms with van der Waals surface area (Å²) < 4.78 is 0. The molecule has 62 heavy (non-hydrogen) atoms. The maximum Gasteiger partial charge on any atom is 0.0726 e. The van der Waals surface area contributed by atoms with Crippen molar-refractivity contribution < 1.29 is 0 Å². The Morgan fingerprint density at radius 2 is 0.758 bits per heavy atom. The SMILES string of the molecule is c1ccc(-c2ccccc2-c2ccc(N(c3ccc(-c4ccc(C5CCCCC5)cc4)cc3)c3cccc4c3-c3ccccc3C43c4ccccc4-c4ccccc43)cc2)cc1. The molecule has 0 heterocycles. The van der Waals surface area contributed by atoms with E-state index in [0.717, 1.165) is 11.4 Å². The molecule has 1 fully saturated rings. The summed E-state index contributed by atoms with van der Waals surface area (Å²) in [6, 6.07) is 81.7. The third-order valence-electron chi connectivity index (χ3n) is 14.1. The second kappa shape index (κ2) is 15.0. The molecular weight excluding hydrogens is 747 g/mol. The molecule has 0 N–H and O–H groups in total. The zero-order chi connectivity index (χ0) is 41.0. The number of fused-ring (bicyclic) bond motifs is 10. The van der Waals surface area contributed by atoms with Crippen molar-refractivity contribution in [1.29, 1.82) is 0 Å². The lowest BCUT2D eigenvalue weighted by Crippen LogP contribution is -2.26.